The highest BCUT2D eigenvalue weighted by molar-refractivity contribution is 7.98. The minimum absolute atomic E-state index is 0.720. The Morgan fingerprint density at radius 2 is 2.06 bits per heavy atom. The molecule has 1 fully saturated rings. The SMILES string of the molecule is CCNC(CSCc1ccc(Cl)cc1)C1CC1. The zero-order chi connectivity index (χ0) is 12.1. The quantitative estimate of drug-likeness (QED) is 0.804. The molecule has 0 aliphatic heterocycles. The van der Waals surface area contributed by atoms with E-state index in [2.05, 4.69) is 24.4 Å². The Morgan fingerprint density at radius 3 is 2.65 bits per heavy atom. The Hall–Kier alpha value is -0.180. The second kappa shape index (κ2) is 6.67. The number of benzene rings is 1. The number of hydrogen-bond acceptors (Lipinski definition) is 2. The molecule has 0 heterocycles. The third-order valence-electron chi connectivity index (χ3n) is 3.14. The van der Waals surface area contributed by atoms with E-state index in [0.717, 1.165) is 29.3 Å². The fraction of sp³-hybridized carbons (Fsp3) is 0.571. The summed E-state index contributed by atoms with van der Waals surface area (Å²) < 4.78 is 0. The van der Waals surface area contributed by atoms with Gasteiger partial charge in [0.2, 0.25) is 0 Å². The average molecular weight is 270 g/mol. The lowest BCUT2D eigenvalue weighted by molar-refractivity contribution is 0.519. The number of rotatable bonds is 7. The van der Waals surface area contributed by atoms with Crippen LogP contribution in [-0.2, 0) is 5.75 Å². The highest BCUT2D eigenvalue weighted by Gasteiger charge is 2.30. The molecule has 0 aromatic heterocycles. The van der Waals surface area contributed by atoms with Crippen molar-refractivity contribution >= 4 is 23.4 Å². The monoisotopic (exact) mass is 269 g/mol. The van der Waals surface area contributed by atoms with Crippen molar-refractivity contribution in [3.05, 3.63) is 34.9 Å². The largest absolute Gasteiger partial charge is 0.313 e. The lowest BCUT2D eigenvalue weighted by atomic mass is 10.2. The number of hydrogen-bond donors (Lipinski definition) is 1. The summed E-state index contributed by atoms with van der Waals surface area (Å²) >= 11 is 7.89. The zero-order valence-electron chi connectivity index (χ0n) is 10.3. The Morgan fingerprint density at radius 1 is 1.35 bits per heavy atom. The van der Waals surface area contributed by atoms with Gasteiger partial charge in [0.05, 0.1) is 0 Å². The molecule has 0 amide bonds. The van der Waals surface area contributed by atoms with E-state index in [0.29, 0.717) is 0 Å². The van der Waals surface area contributed by atoms with Crippen molar-refractivity contribution < 1.29 is 0 Å². The topological polar surface area (TPSA) is 12.0 Å². The fourth-order valence-corrected chi connectivity index (χ4v) is 3.32. The lowest BCUT2D eigenvalue weighted by Gasteiger charge is -2.16. The second-order valence-corrected chi connectivity index (χ2v) is 6.11. The molecule has 1 aliphatic carbocycles. The van der Waals surface area contributed by atoms with Crippen LogP contribution in [0, 0.1) is 5.92 Å². The van der Waals surface area contributed by atoms with Gasteiger partial charge in [-0.3, -0.25) is 0 Å². The third-order valence-corrected chi connectivity index (χ3v) is 4.52. The van der Waals surface area contributed by atoms with Crippen molar-refractivity contribution in [2.45, 2.75) is 31.6 Å². The fourth-order valence-electron chi connectivity index (χ4n) is 2.01. The van der Waals surface area contributed by atoms with E-state index in [1.807, 2.05) is 23.9 Å². The van der Waals surface area contributed by atoms with Crippen LogP contribution < -0.4 is 5.32 Å². The maximum absolute atomic E-state index is 5.87. The minimum atomic E-state index is 0.720. The van der Waals surface area contributed by atoms with Crippen molar-refractivity contribution in [1.82, 2.24) is 5.32 Å². The molecule has 0 bridgehead atoms. The molecule has 94 valence electrons. The van der Waals surface area contributed by atoms with Crippen molar-refractivity contribution in [3.63, 3.8) is 0 Å². The number of halogens is 1. The summed E-state index contributed by atoms with van der Waals surface area (Å²) in [6.07, 6.45) is 2.83. The summed E-state index contributed by atoms with van der Waals surface area (Å²) in [5.41, 5.74) is 1.37. The van der Waals surface area contributed by atoms with Crippen molar-refractivity contribution in [2.75, 3.05) is 12.3 Å². The van der Waals surface area contributed by atoms with E-state index in [-0.39, 0.29) is 0 Å². The van der Waals surface area contributed by atoms with Gasteiger partial charge >= 0.3 is 0 Å². The van der Waals surface area contributed by atoms with Gasteiger partial charge < -0.3 is 5.32 Å². The van der Waals surface area contributed by atoms with Crippen LogP contribution in [0.4, 0.5) is 0 Å². The number of nitrogens with one attached hydrogen (secondary N) is 1. The molecule has 1 saturated carbocycles. The lowest BCUT2D eigenvalue weighted by Crippen LogP contribution is -2.33. The first-order chi connectivity index (χ1) is 8.29. The molecule has 2 rings (SSSR count). The van der Waals surface area contributed by atoms with Gasteiger partial charge in [0.25, 0.3) is 0 Å². The maximum atomic E-state index is 5.87. The molecule has 17 heavy (non-hydrogen) atoms. The van der Waals surface area contributed by atoms with E-state index >= 15 is 0 Å². The first-order valence-electron chi connectivity index (χ1n) is 6.35. The zero-order valence-corrected chi connectivity index (χ0v) is 11.9. The Balaban J connectivity index is 1.72. The molecule has 1 aromatic rings. The molecule has 1 aliphatic rings. The Bertz CT molecular complexity index is 335. The molecule has 3 heteroatoms. The molecule has 1 unspecified atom stereocenters. The van der Waals surface area contributed by atoms with Gasteiger partial charge in [-0.2, -0.15) is 11.8 Å². The molecular weight excluding hydrogens is 250 g/mol. The van der Waals surface area contributed by atoms with Gasteiger partial charge in [0.1, 0.15) is 0 Å². The van der Waals surface area contributed by atoms with E-state index in [1.165, 1.54) is 24.2 Å². The molecule has 1 N–H and O–H groups in total. The highest BCUT2D eigenvalue weighted by atomic mass is 35.5. The van der Waals surface area contributed by atoms with E-state index in [1.54, 1.807) is 0 Å². The molecule has 0 radical (unpaired) electrons. The molecular formula is C14H20ClNS. The predicted molar refractivity (Wildman–Crippen MR) is 77.8 cm³/mol. The Kier molecular flexibility index (Phi) is 5.20. The first-order valence-corrected chi connectivity index (χ1v) is 7.88. The average Bonchev–Trinajstić information content (AvgIpc) is 3.15. The summed E-state index contributed by atoms with van der Waals surface area (Å²) in [7, 11) is 0. The Labute approximate surface area is 113 Å². The molecule has 1 aromatic carbocycles. The van der Waals surface area contributed by atoms with Gasteiger partial charge in [-0.1, -0.05) is 30.7 Å². The highest BCUT2D eigenvalue weighted by Crippen LogP contribution is 2.34. The third kappa shape index (κ3) is 4.53. The second-order valence-electron chi connectivity index (χ2n) is 4.64. The standard InChI is InChI=1S/C14H20ClNS/c1-2-16-14(12-5-6-12)10-17-9-11-3-7-13(15)8-4-11/h3-4,7-8,12,14,16H,2,5-6,9-10H2,1H3. The van der Waals surface area contributed by atoms with E-state index in [4.69, 9.17) is 11.6 Å². The van der Waals surface area contributed by atoms with Crippen LogP contribution >= 0.6 is 23.4 Å². The van der Waals surface area contributed by atoms with E-state index in [9.17, 15) is 0 Å². The molecule has 0 saturated heterocycles. The maximum Gasteiger partial charge on any atom is 0.0406 e. The van der Waals surface area contributed by atoms with Crippen LogP contribution in [0.2, 0.25) is 5.02 Å². The van der Waals surface area contributed by atoms with Gasteiger partial charge in [-0.05, 0) is 43.0 Å². The summed E-state index contributed by atoms with van der Waals surface area (Å²) in [5, 5.41) is 4.42. The van der Waals surface area contributed by atoms with Crippen LogP contribution in [-0.4, -0.2) is 18.3 Å². The smallest absolute Gasteiger partial charge is 0.0406 e. The first kappa shape index (κ1) is 13.3. The van der Waals surface area contributed by atoms with Gasteiger partial charge in [-0.15, -0.1) is 0 Å². The predicted octanol–water partition coefficient (Wildman–Crippen LogP) is 3.96. The van der Waals surface area contributed by atoms with Crippen molar-refractivity contribution in [3.8, 4) is 0 Å². The molecule has 0 spiro atoms. The number of thioether (sulfide) groups is 1. The molecule has 1 nitrogen and oxygen atoms in total. The molecule has 1 atom stereocenters. The normalized spacial score (nSPS) is 17.1. The van der Waals surface area contributed by atoms with Crippen LogP contribution in [0.15, 0.2) is 24.3 Å². The van der Waals surface area contributed by atoms with Crippen LogP contribution in [0.1, 0.15) is 25.3 Å². The summed E-state index contributed by atoms with van der Waals surface area (Å²) in [4.78, 5) is 0. The van der Waals surface area contributed by atoms with Gasteiger partial charge in [0, 0.05) is 22.6 Å². The minimum Gasteiger partial charge on any atom is -0.313 e. The van der Waals surface area contributed by atoms with Crippen molar-refractivity contribution in [1.29, 1.82) is 0 Å². The summed E-state index contributed by atoms with van der Waals surface area (Å²) in [5.74, 6) is 3.25. The van der Waals surface area contributed by atoms with Gasteiger partial charge in [0.15, 0.2) is 0 Å². The van der Waals surface area contributed by atoms with E-state index < -0.39 is 0 Å². The van der Waals surface area contributed by atoms with Crippen LogP contribution in [0.3, 0.4) is 0 Å². The summed E-state index contributed by atoms with van der Waals surface area (Å²) in [6, 6.07) is 8.90. The van der Waals surface area contributed by atoms with Crippen LogP contribution in [0.25, 0.3) is 0 Å². The van der Waals surface area contributed by atoms with Crippen LogP contribution in [0.5, 0.6) is 0 Å². The van der Waals surface area contributed by atoms with Crippen molar-refractivity contribution in [2.24, 2.45) is 5.92 Å². The van der Waals surface area contributed by atoms with Gasteiger partial charge in [-0.25, -0.2) is 0 Å². The summed E-state index contributed by atoms with van der Waals surface area (Å²) in [6.45, 7) is 3.28.